The highest BCUT2D eigenvalue weighted by atomic mass is 19.1. The third kappa shape index (κ3) is 2.56. The van der Waals surface area contributed by atoms with Crippen molar-refractivity contribution in [3.05, 3.63) is 53.1 Å². The number of rotatable bonds is 3. The fourth-order valence-corrected chi connectivity index (χ4v) is 1.80. The molecule has 0 aliphatic rings. The molecule has 0 aliphatic carbocycles. The van der Waals surface area contributed by atoms with Crippen LogP contribution in [0.5, 0.6) is 0 Å². The second-order valence-electron chi connectivity index (χ2n) is 3.97. The monoisotopic (exact) mass is 248 g/mol. The summed E-state index contributed by atoms with van der Waals surface area (Å²) >= 11 is 0. The highest BCUT2D eigenvalue weighted by Gasteiger charge is 2.16. The molecule has 2 aromatic rings. The van der Waals surface area contributed by atoms with Crippen molar-refractivity contribution in [3.63, 3.8) is 0 Å². The van der Waals surface area contributed by atoms with Gasteiger partial charge in [0.15, 0.2) is 5.69 Å². The van der Waals surface area contributed by atoms with Crippen molar-refractivity contribution in [1.29, 1.82) is 0 Å². The van der Waals surface area contributed by atoms with Crippen molar-refractivity contribution in [2.45, 2.75) is 6.42 Å². The van der Waals surface area contributed by atoms with Crippen LogP contribution in [0.25, 0.3) is 0 Å². The molecule has 4 nitrogen and oxygen atoms in total. The molecule has 94 valence electrons. The molecule has 0 fully saturated rings. The lowest BCUT2D eigenvalue weighted by Crippen LogP contribution is -2.06. The predicted molar refractivity (Wildman–Crippen MR) is 63.8 cm³/mol. The average Bonchev–Trinajstić information content (AvgIpc) is 2.69. The van der Waals surface area contributed by atoms with Crippen molar-refractivity contribution in [2.75, 3.05) is 7.11 Å². The van der Waals surface area contributed by atoms with Gasteiger partial charge in [-0.15, -0.1) is 0 Å². The van der Waals surface area contributed by atoms with Gasteiger partial charge < -0.3 is 4.74 Å². The van der Waals surface area contributed by atoms with E-state index in [0.29, 0.717) is 6.42 Å². The van der Waals surface area contributed by atoms with Crippen LogP contribution in [0.4, 0.5) is 4.39 Å². The van der Waals surface area contributed by atoms with E-state index in [1.165, 1.54) is 19.2 Å². The molecule has 5 heteroatoms. The third-order valence-electron chi connectivity index (χ3n) is 2.57. The molecule has 1 aromatic heterocycles. The van der Waals surface area contributed by atoms with Gasteiger partial charge in [0.05, 0.1) is 7.11 Å². The van der Waals surface area contributed by atoms with Gasteiger partial charge in [-0.2, -0.15) is 5.10 Å². The fourth-order valence-electron chi connectivity index (χ4n) is 1.80. The Morgan fingerprint density at radius 3 is 2.94 bits per heavy atom. The quantitative estimate of drug-likeness (QED) is 0.780. The summed E-state index contributed by atoms with van der Waals surface area (Å²) in [7, 11) is 3.03. The summed E-state index contributed by atoms with van der Waals surface area (Å²) in [6.07, 6.45) is 2.17. The molecule has 18 heavy (non-hydrogen) atoms. The molecule has 0 unspecified atom stereocenters. The van der Waals surface area contributed by atoms with E-state index in [2.05, 4.69) is 9.84 Å². The van der Waals surface area contributed by atoms with Gasteiger partial charge in [-0.3, -0.25) is 4.68 Å². The number of aromatic nitrogens is 2. The second-order valence-corrected chi connectivity index (χ2v) is 3.97. The van der Waals surface area contributed by atoms with Crippen LogP contribution in [0, 0.1) is 5.82 Å². The zero-order chi connectivity index (χ0) is 13.1. The van der Waals surface area contributed by atoms with Crippen molar-refractivity contribution in [3.8, 4) is 0 Å². The Hall–Kier alpha value is -2.17. The van der Waals surface area contributed by atoms with Gasteiger partial charge in [-0.05, 0) is 17.7 Å². The molecule has 0 amide bonds. The normalized spacial score (nSPS) is 10.4. The maximum Gasteiger partial charge on any atom is 0.358 e. The number of hydrogen-bond donors (Lipinski definition) is 0. The zero-order valence-corrected chi connectivity index (χ0v) is 10.2. The smallest absolute Gasteiger partial charge is 0.358 e. The second kappa shape index (κ2) is 5.00. The molecular formula is C13H13FN2O2. The Kier molecular flexibility index (Phi) is 3.41. The molecule has 0 aliphatic heterocycles. The first kappa shape index (κ1) is 12.3. The number of methoxy groups -OCH3 is 1. The van der Waals surface area contributed by atoms with Crippen LogP contribution < -0.4 is 0 Å². The van der Waals surface area contributed by atoms with Gasteiger partial charge in [-0.25, -0.2) is 9.18 Å². The standard InChI is InChI=1S/C13H13FN2O2/c1-16-8-10(12(15-16)13(17)18-2)6-9-4-3-5-11(14)7-9/h3-5,7-8H,6H2,1-2H3. The van der Waals surface area contributed by atoms with Crippen LogP contribution >= 0.6 is 0 Å². The van der Waals surface area contributed by atoms with E-state index in [0.717, 1.165) is 11.1 Å². The van der Waals surface area contributed by atoms with Gasteiger partial charge >= 0.3 is 5.97 Å². The largest absolute Gasteiger partial charge is 0.464 e. The van der Waals surface area contributed by atoms with Crippen molar-refractivity contribution >= 4 is 5.97 Å². The topological polar surface area (TPSA) is 44.1 Å². The molecule has 1 heterocycles. The average molecular weight is 248 g/mol. The molecule has 0 N–H and O–H groups in total. The minimum Gasteiger partial charge on any atom is -0.464 e. The van der Waals surface area contributed by atoms with Gasteiger partial charge in [0.1, 0.15) is 5.82 Å². The number of carbonyl (C=O) groups excluding carboxylic acids is 1. The van der Waals surface area contributed by atoms with Crippen LogP contribution in [-0.4, -0.2) is 22.9 Å². The van der Waals surface area contributed by atoms with Crippen molar-refractivity contribution < 1.29 is 13.9 Å². The van der Waals surface area contributed by atoms with Crippen LogP contribution in [0.15, 0.2) is 30.5 Å². The summed E-state index contributed by atoms with van der Waals surface area (Å²) < 4.78 is 19.3. The minimum absolute atomic E-state index is 0.268. The summed E-state index contributed by atoms with van der Waals surface area (Å²) in [5.41, 5.74) is 1.77. The highest BCUT2D eigenvalue weighted by molar-refractivity contribution is 5.88. The van der Waals surface area contributed by atoms with E-state index >= 15 is 0 Å². The maximum absolute atomic E-state index is 13.1. The third-order valence-corrected chi connectivity index (χ3v) is 2.57. The first-order chi connectivity index (χ1) is 8.60. The number of nitrogens with zero attached hydrogens (tertiary/aromatic N) is 2. The molecule has 1 aromatic carbocycles. The van der Waals surface area contributed by atoms with Crippen LogP contribution in [0.2, 0.25) is 0 Å². The lowest BCUT2D eigenvalue weighted by Gasteiger charge is -2.01. The summed E-state index contributed by atoms with van der Waals surface area (Å²) in [5, 5.41) is 4.05. The molecule has 0 spiro atoms. The lowest BCUT2D eigenvalue weighted by molar-refractivity contribution is 0.0592. The fraction of sp³-hybridized carbons (Fsp3) is 0.231. The molecule has 0 bridgehead atoms. The van der Waals surface area contributed by atoms with Crippen molar-refractivity contribution in [1.82, 2.24) is 9.78 Å². The van der Waals surface area contributed by atoms with Gasteiger partial charge in [0.25, 0.3) is 0 Å². The van der Waals surface area contributed by atoms with E-state index in [1.54, 1.807) is 30.1 Å². The number of carbonyl (C=O) groups is 1. The molecule has 0 saturated carbocycles. The Balaban J connectivity index is 2.31. The predicted octanol–water partition coefficient (Wildman–Crippen LogP) is 1.94. The van der Waals surface area contributed by atoms with Crippen molar-refractivity contribution in [2.24, 2.45) is 7.05 Å². The summed E-state index contributed by atoms with van der Waals surface area (Å²) in [4.78, 5) is 11.5. The lowest BCUT2D eigenvalue weighted by atomic mass is 10.1. The molecule has 0 saturated heterocycles. The Morgan fingerprint density at radius 2 is 2.28 bits per heavy atom. The Labute approximate surface area is 104 Å². The summed E-state index contributed by atoms with van der Waals surface area (Å²) in [6, 6.07) is 6.26. The number of benzene rings is 1. The van der Waals surface area contributed by atoms with Gasteiger partial charge in [0, 0.05) is 25.2 Å². The number of aryl methyl sites for hydroxylation is 1. The number of esters is 1. The van der Waals surface area contributed by atoms with E-state index in [4.69, 9.17) is 0 Å². The van der Waals surface area contributed by atoms with Crippen LogP contribution in [0.3, 0.4) is 0 Å². The highest BCUT2D eigenvalue weighted by Crippen LogP contribution is 2.14. The van der Waals surface area contributed by atoms with E-state index < -0.39 is 5.97 Å². The number of hydrogen-bond acceptors (Lipinski definition) is 3. The molecular weight excluding hydrogens is 235 g/mol. The Bertz CT molecular complexity index is 578. The zero-order valence-electron chi connectivity index (χ0n) is 10.2. The maximum atomic E-state index is 13.1. The summed E-state index contributed by atoms with van der Waals surface area (Å²) in [6.45, 7) is 0. The van der Waals surface area contributed by atoms with E-state index in [9.17, 15) is 9.18 Å². The summed E-state index contributed by atoms with van der Waals surface area (Å²) in [5.74, 6) is -0.780. The van der Waals surface area contributed by atoms with Crippen LogP contribution in [-0.2, 0) is 18.2 Å². The molecule has 2 rings (SSSR count). The van der Waals surface area contributed by atoms with E-state index in [1.807, 2.05) is 0 Å². The van der Waals surface area contributed by atoms with E-state index in [-0.39, 0.29) is 11.5 Å². The van der Waals surface area contributed by atoms with Gasteiger partial charge in [-0.1, -0.05) is 12.1 Å². The molecule has 0 radical (unpaired) electrons. The Morgan fingerprint density at radius 1 is 1.50 bits per heavy atom. The number of ether oxygens (including phenoxy) is 1. The first-order valence-corrected chi connectivity index (χ1v) is 5.45. The first-order valence-electron chi connectivity index (χ1n) is 5.45. The SMILES string of the molecule is COC(=O)c1nn(C)cc1Cc1cccc(F)c1. The minimum atomic E-state index is -0.484. The van der Waals surface area contributed by atoms with Gasteiger partial charge in [0.2, 0.25) is 0 Å². The van der Waals surface area contributed by atoms with Crippen LogP contribution in [0.1, 0.15) is 21.6 Å². The molecule has 0 atom stereocenters. The number of halogens is 1.